The van der Waals surface area contributed by atoms with E-state index >= 15 is 0 Å². The molecule has 0 fully saturated rings. The number of hydrogen-bond donors (Lipinski definition) is 2. The van der Waals surface area contributed by atoms with Gasteiger partial charge in [-0.25, -0.2) is 0 Å². The van der Waals surface area contributed by atoms with Crippen molar-refractivity contribution in [1.82, 2.24) is 5.32 Å². The van der Waals surface area contributed by atoms with Gasteiger partial charge >= 0.3 is 0 Å². The Balaban J connectivity index is 2.29. The number of nitrogens with one attached hydrogen (secondary N) is 1. The van der Waals surface area contributed by atoms with Crippen molar-refractivity contribution in [2.24, 2.45) is 0 Å². The number of hydrogen-bond acceptors (Lipinski definition) is 3. The smallest absolute Gasteiger partial charge is 0.263 e. The Morgan fingerprint density at radius 3 is 2.95 bits per heavy atom. The molecule has 0 aliphatic rings. The molecule has 5 heteroatoms. The number of thiophene rings is 1. The molecule has 0 spiro atoms. The minimum Gasteiger partial charge on any atom is -0.397 e. The number of halogens is 1. The SMILES string of the molecule is CCCC(C)NC(=O)c1sc2cc(Br)ccc2c1N. The summed E-state index contributed by atoms with van der Waals surface area (Å²) in [6.07, 6.45) is 2.03. The Hall–Kier alpha value is -1.07. The Kier molecular flexibility index (Phi) is 4.47. The zero-order chi connectivity index (χ0) is 14.0. The molecule has 1 aromatic carbocycles. The van der Waals surface area contributed by atoms with Crippen LogP contribution in [-0.4, -0.2) is 11.9 Å². The maximum atomic E-state index is 12.2. The van der Waals surface area contributed by atoms with Gasteiger partial charge in [0.15, 0.2) is 0 Å². The van der Waals surface area contributed by atoms with Crippen LogP contribution < -0.4 is 11.1 Å². The van der Waals surface area contributed by atoms with Gasteiger partial charge in [0.2, 0.25) is 0 Å². The zero-order valence-electron chi connectivity index (χ0n) is 11.0. The molecule has 1 unspecified atom stereocenters. The fourth-order valence-electron chi connectivity index (χ4n) is 2.05. The molecule has 0 radical (unpaired) electrons. The van der Waals surface area contributed by atoms with Gasteiger partial charge in [-0.1, -0.05) is 35.3 Å². The summed E-state index contributed by atoms with van der Waals surface area (Å²) >= 11 is 4.87. The van der Waals surface area contributed by atoms with Crippen LogP contribution in [0.1, 0.15) is 36.4 Å². The van der Waals surface area contributed by atoms with Gasteiger partial charge in [-0.15, -0.1) is 11.3 Å². The standard InChI is InChI=1S/C14H17BrN2OS/c1-3-4-8(2)17-14(18)13-12(16)10-6-5-9(15)7-11(10)19-13/h5-8H,3-4,16H2,1-2H3,(H,17,18). The van der Waals surface area contributed by atoms with Gasteiger partial charge in [0, 0.05) is 20.6 Å². The molecule has 0 saturated carbocycles. The highest BCUT2D eigenvalue weighted by molar-refractivity contribution is 9.10. The summed E-state index contributed by atoms with van der Waals surface area (Å²) in [5.41, 5.74) is 6.65. The molecule has 1 heterocycles. The molecule has 0 bridgehead atoms. The molecule has 3 nitrogen and oxygen atoms in total. The lowest BCUT2D eigenvalue weighted by Gasteiger charge is -2.11. The molecule has 19 heavy (non-hydrogen) atoms. The third-order valence-corrected chi connectivity index (χ3v) is 4.66. The minimum atomic E-state index is -0.0734. The van der Waals surface area contributed by atoms with Gasteiger partial charge in [-0.3, -0.25) is 4.79 Å². The number of nitrogens with two attached hydrogens (primary N) is 1. The van der Waals surface area contributed by atoms with E-state index in [0.717, 1.165) is 27.4 Å². The van der Waals surface area contributed by atoms with Crippen LogP contribution in [0.15, 0.2) is 22.7 Å². The number of anilines is 1. The van der Waals surface area contributed by atoms with Crippen LogP contribution in [0, 0.1) is 0 Å². The molecule has 0 aliphatic carbocycles. The van der Waals surface area contributed by atoms with Crippen molar-refractivity contribution in [3.63, 3.8) is 0 Å². The van der Waals surface area contributed by atoms with Crippen molar-refractivity contribution in [2.45, 2.75) is 32.7 Å². The van der Waals surface area contributed by atoms with Crippen LogP contribution in [0.25, 0.3) is 10.1 Å². The van der Waals surface area contributed by atoms with Gasteiger partial charge in [0.05, 0.1) is 5.69 Å². The van der Waals surface area contributed by atoms with Gasteiger partial charge in [0.25, 0.3) is 5.91 Å². The second-order valence-corrected chi connectivity index (χ2v) is 6.62. The third-order valence-electron chi connectivity index (χ3n) is 3.00. The molecule has 0 aliphatic heterocycles. The third kappa shape index (κ3) is 3.09. The second-order valence-electron chi connectivity index (χ2n) is 4.65. The van der Waals surface area contributed by atoms with Gasteiger partial charge in [-0.2, -0.15) is 0 Å². The van der Waals surface area contributed by atoms with Gasteiger partial charge < -0.3 is 11.1 Å². The Labute approximate surface area is 125 Å². The summed E-state index contributed by atoms with van der Waals surface area (Å²) in [6, 6.07) is 6.04. The van der Waals surface area contributed by atoms with Crippen LogP contribution in [-0.2, 0) is 0 Å². The maximum Gasteiger partial charge on any atom is 0.263 e. The molecular weight excluding hydrogens is 324 g/mol. The van der Waals surface area contributed by atoms with Crippen LogP contribution in [0.3, 0.4) is 0 Å². The van der Waals surface area contributed by atoms with E-state index in [2.05, 4.69) is 28.2 Å². The molecule has 102 valence electrons. The monoisotopic (exact) mass is 340 g/mol. The fraction of sp³-hybridized carbons (Fsp3) is 0.357. The Morgan fingerprint density at radius 1 is 1.53 bits per heavy atom. The first-order chi connectivity index (χ1) is 9.02. The first kappa shape index (κ1) is 14.3. The lowest BCUT2D eigenvalue weighted by atomic mass is 10.2. The summed E-state index contributed by atoms with van der Waals surface area (Å²) in [5.74, 6) is -0.0734. The largest absolute Gasteiger partial charge is 0.397 e. The number of carbonyl (C=O) groups is 1. The fourth-order valence-corrected chi connectivity index (χ4v) is 3.63. The van der Waals surface area contributed by atoms with E-state index in [0.29, 0.717) is 10.6 Å². The highest BCUT2D eigenvalue weighted by Gasteiger charge is 2.17. The molecule has 3 N–H and O–H groups in total. The molecule has 2 rings (SSSR count). The summed E-state index contributed by atoms with van der Waals surface area (Å²) in [7, 11) is 0. The molecule has 1 aromatic heterocycles. The van der Waals surface area contributed by atoms with Crippen molar-refractivity contribution in [3.8, 4) is 0 Å². The van der Waals surface area contributed by atoms with E-state index in [1.54, 1.807) is 0 Å². The highest BCUT2D eigenvalue weighted by atomic mass is 79.9. The summed E-state index contributed by atoms with van der Waals surface area (Å²) in [5, 5.41) is 3.94. The van der Waals surface area contributed by atoms with Crippen LogP contribution >= 0.6 is 27.3 Å². The minimum absolute atomic E-state index is 0.0734. The lowest BCUT2D eigenvalue weighted by Crippen LogP contribution is -2.32. The Bertz CT molecular complexity index is 609. The number of amides is 1. The van der Waals surface area contributed by atoms with E-state index < -0.39 is 0 Å². The molecule has 0 saturated heterocycles. The quantitative estimate of drug-likeness (QED) is 0.877. The molecule has 2 aromatic rings. The van der Waals surface area contributed by atoms with Gasteiger partial charge in [-0.05, 0) is 25.5 Å². The molecule has 1 amide bonds. The number of rotatable bonds is 4. The van der Waals surface area contributed by atoms with E-state index in [1.165, 1.54) is 11.3 Å². The Morgan fingerprint density at radius 2 is 2.26 bits per heavy atom. The number of benzene rings is 1. The zero-order valence-corrected chi connectivity index (χ0v) is 13.4. The van der Waals surface area contributed by atoms with E-state index in [-0.39, 0.29) is 11.9 Å². The maximum absolute atomic E-state index is 12.2. The summed E-state index contributed by atoms with van der Waals surface area (Å²) < 4.78 is 2.02. The van der Waals surface area contributed by atoms with Gasteiger partial charge in [0.1, 0.15) is 4.88 Å². The highest BCUT2D eigenvalue weighted by Crippen LogP contribution is 2.35. The number of nitrogen functional groups attached to an aromatic ring is 1. The van der Waals surface area contributed by atoms with Crippen molar-refractivity contribution in [1.29, 1.82) is 0 Å². The summed E-state index contributed by atoms with van der Waals surface area (Å²) in [4.78, 5) is 12.8. The molecular formula is C14H17BrN2OS. The normalized spacial score (nSPS) is 12.6. The summed E-state index contributed by atoms with van der Waals surface area (Å²) in [6.45, 7) is 4.12. The topological polar surface area (TPSA) is 55.1 Å². The number of carbonyl (C=O) groups excluding carboxylic acids is 1. The van der Waals surface area contributed by atoms with E-state index in [1.807, 2.05) is 25.1 Å². The lowest BCUT2D eigenvalue weighted by molar-refractivity contribution is 0.0943. The predicted octanol–water partition coefficient (Wildman–Crippen LogP) is 4.16. The van der Waals surface area contributed by atoms with Crippen molar-refractivity contribution in [2.75, 3.05) is 5.73 Å². The number of fused-ring (bicyclic) bond motifs is 1. The van der Waals surface area contributed by atoms with Crippen molar-refractivity contribution < 1.29 is 4.79 Å². The van der Waals surface area contributed by atoms with Crippen LogP contribution in [0.5, 0.6) is 0 Å². The molecule has 1 atom stereocenters. The van der Waals surface area contributed by atoms with Crippen LogP contribution in [0.2, 0.25) is 0 Å². The average molecular weight is 341 g/mol. The average Bonchev–Trinajstić information content (AvgIpc) is 2.66. The predicted molar refractivity (Wildman–Crippen MR) is 85.8 cm³/mol. The first-order valence-corrected chi connectivity index (χ1v) is 7.92. The van der Waals surface area contributed by atoms with Crippen molar-refractivity contribution in [3.05, 3.63) is 27.5 Å². The second kappa shape index (κ2) is 5.92. The first-order valence-electron chi connectivity index (χ1n) is 6.31. The van der Waals surface area contributed by atoms with Crippen molar-refractivity contribution >= 4 is 48.9 Å². The van der Waals surface area contributed by atoms with E-state index in [9.17, 15) is 4.79 Å². The van der Waals surface area contributed by atoms with E-state index in [4.69, 9.17) is 5.73 Å². The van der Waals surface area contributed by atoms with Crippen LogP contribution in [0.4, 0.5) is 5.69 Å².